The SMILES string of the molecule is CCC(CN(C)S(=O)(=O)C1CC1)N1C(=O)C(CCN2CCS(O)(O)CC2)(CC(=O)O)CC(c2cccc(Cl)c2)C1c1ccc(Cl)cc1. The molecule has 260 valence electrons. The van der Waals surface area contributed by atoms with Crippen molar-refractivity contribution < 1.29 is 32.2 Å². The molecule has 3 aliphatic rings. The van der Waals surface area contributed by atoms with E-state index in [4.69, 9.17) is 23.2 Å². The van der Waals surface area contributed by atoms with E-state index in [1.54, 1.807) is 30.1 Å². The highest BCUT2D eigenvalue weighted by Crippen LogP contribution is 2.54. The molecule has 2 aromatic carbocycles. The second-order valence-corrected chi connectivity index (χ2v) is 18.9. The standard InChI is InChI=1S/C33H45Cl2N3O7S2/c1-3-27(22-36(2)47(44,45)28-11-12-28)38-31(23-7-9-25(34)10-8-23)29(24-5-4-6-26(35)19-24)20-33(32(38)41,21-30(39)40)13-14-37-15-17-46(42,43)18-16-37/h4-10,19,27-29,31,42-43H,3,11-18,20-22H2,1-2H3,(H,39,40). The Balaban J connectivity index is 1.62. The van der Waals surface area contributed by atoms with Crippen LogP contribution in [0, 0.1) is 5.41 Å². The molecule has 47 heavy (non-hydrogen) atoms. The number of nitrogens with zero attached hydrogens (tertiary/aromatic N) is 3. The molecule has 0 spiro atoms. The highest BCUT2D eigenvalue weighted by Gasteiger charge is 2.55. The summed E-state index contributed by atoms with van der Waals surface area (Å²) in [6.07, 6.45) is 1.74. The number of aliphatic carboxylic acids is 1. The molecule has 2 heterocycles. The molecule has 2 aliphatic heterocycles. The van der Waals surface area contributed by atoms with Crippen LogP contribution < -0.4 is 0 Å². The molecule has 2 saturated heterocycles. The fourth-order valence-electron chi connectivity index (χ4n) is 7.23. The Morgan fingerprint density at radius 3 is 2.30 bits per heavy atom. The average Bonchev–Trinajstić information content (AvgIpc) is 3.87. The van der Waals surface area contributed by atoms with Crippen LogP contribution >= 0.6 is 33.8 Å². The molecule has 5 rings (SSSR count). The maximum absolute atomic E-state index is 15.2. The fraction of sp³-hybridized carbons (Fsp3) is 0.576. The number of halogens is 2. The van der Waals surface area contributed by atoms with E-state index in [9.17, 15) is 27.4 Å². The second-order valence-electron chi connectivity index (χ2n) is 13.3. The molecule has 4 unspecified atom stereocenters. The maximum Gasteiger partial charge on any atom is 0.304 e. The van der Waals surface area contributed by atoms with E-state index in [1.165, 1.54) is 4.31 Å². The van der Waals surface area contributed by atoms with Gasteiger partial charge in [-0.15, -0.1) is 0 Å². The van der Waals surface area contributed by atoms with E-state index in [2.05, 4.69) is 4.90 Å². The van der Waals surface area contributed by atoms with E-state index in [0.717, 1.165) is 11.1 Å². The Hall–Kier alpha value is -1.90. The summed E-state index contributed by atoms with van der Waals surface area (Å²) in [6.45, 7) is 3.28. The molecule has 0 bridgehead atoms. The third-order valence-corrected chi connectivity index (χ3v) is 14.5. The Morgan fingerprint density at radius 1 is 1.06 bits per heavy atom. The number of piperidine rings is 1. The van der Waals surface area contributed by atoms with Crippen LogP contribution in [-0.2, 0) is 19.6 Å². The number of carboxylic acids is 1. The first-order valence-corrected chi connectivity index (χ1v) is 20.3. The third kappa shape index (κ3) is 8.29. The molecule has 1 amide bonds. The molecule has 3 N–H and O–H groups in total. The minimum atomic E-state index is -3.55. The predicted octanol–water partition coefficient (Wildman–Crippen LogP) is 6.17. The van der Waals surface area contributed by atoms with Gasteiger partial charge in [0.15, 0.2) is 0 Å². The number of carbonyl (C=O) groups is 2. The average molecular weight is 731 g/mol. The Labute approximate surface area is 289 Å². The van der Waals surface area contributed by atoms with E-state index in [-0.39, 0.29) is 42.7 Å². The number of likely N-dealkylation sites (tertiary alicyclic amines) is 1. The van der Waals surface area contributed by atoms with Crippen LogP contribution in [0.2, 0.25) is 10.0 Å². The summed E-state index contributed by atoms with van der Waals surface area (Å²) in [5, 5.41) is 10.9. The van der Waals surface area contributed by atoms with Crippen molar-refractivity contribution in [3.8, 4) is 0 Å². The normalized spacial score (nSPS) is 26.7. The molecule has 2 aromatic rings. The monoisotopic (exact) mass is 729 g/mol. The van der Waals surface area contributed by atoms with Gasteiger partial charge in [-0.2, -0.15) is 10.6 Å². The zero-order chi connectivity index (χ0) is 34.1. The van der Waals surface area contributed by atoms with Gasteiger partial charge in [-0.3, -0.25) is 18.7 Å². The summed E-state index contributed by atoms with van der Waals surface area (Å²) in [5.41, 5.74) is 0.345. The summed E-state index contributed by atoms with van der Waals surface area (Å²) < 4.78 is 48.3. The van der Waals surface area contributed by atoms with Crippen LogP contribution in [0.15, 0.2) is 48.5 Å². The summed E-state index contributed by atoms with van der Waals surface area (Å²) >= 11 is 12.8. The Morgan fingerprint density at radius 2 is 1.72 bits per heavy atom. The van der Waals surface area contributed by atoms with Gasteiger partial charge < -0.3 is 14.9 Å². The molecule has 1 saturated carbocycles. The van der Waals surface area contributed by atoms with Crippen molar-refractivity contribution in [1.29, 1.82) is 0 Å². The van der Waals surface area contributed by atoms with Crippen molar-refractivity contribution in [1.82, 2.24) is 14.1 Å². The number of hydrogen-bond acceptors (Lipinski definition) is 7. The third-order valence-electron chi connectivity index (χ3n) is 10.0. The number of hydrogen-bond donors (Lipinski definition) is 3. The lowest BCUT2D eigenvalue weighted by molar-refractivity contribution is -0.163. The Bertz CT molecular complexity index is 1550. The van der Waals surface area contributed by atoms with Crippen molar-refractivity contribution in [2.45, 2.75) is 68.7 Å². The number of carbonyl (C=O) groups excluding carboxylic acids is 1. The highest BCUT2D eigenvalue weighted by atomic mass is 35.5. The minimum Gasteiger partial charge on any atom is -0.481 e. The lowest BCUT2D eigenvalue weighted by Crippen LogP contribution is -2.59. The molecule has 1 aliphatic carbocycles. The van der Waals surface area contributed by atoms with E-state index in [1.807, 2.05) is 37.3 Å². The minimum absolute atomic E-state index is 0.0700. The quantitative estimate of drug-likeness (QED) is 0.223. The first-order chi connectivity index (χ1) is 22.2. The Kier molecular flexibility index (Phi) is 11.2. The summed E-state index contributed by atoms with van der Waals surface area (Å²) in [6, 6.07) is 13.6. The van der Waals surface area contributed by atoms with Crippen molar-refractivity contribution in [3.05, 3.63) is 69.7 Å². The first-order valence-electron chi connectivity index (χ1n) is 16.1. The molecule has 3 fully saturated rings. The van der Waals surface area contributed by atoms with Gasteiger partial charge in [0.2, 0.25) is 15.9 Å². The number of benzene rings is 2. The van der Waals surface area contributed by atoms with E-state index >= 15 is 4.79 Å². The molecule has 0 aromatic heterocycles. The number of carboxylic acid groups (broad SMARTS) is 1. The molecule has 0 radical (unpaired) electrons. The van der Waals surface area contributed by atoms with Crippen LogP contribution in [0.25, 0.3) is 0 Å². The summed E-state index contributed by atoms with van der Waals surface area (Å²) in [7, 11) is -4.62. The van der Waals surface area contributed by atoms with Gasteiger partial charge in [0.05, 0.1) is 34.6 Å². The van der Waals surface area contributed by atoms with Crippen LogP contribution in [-0.4, -0.2) is 105 Å². The van der Waals surface area contributed by atoms with Crippen LogP contribution in [0.3, 0.4) is 0 Å². The molecular weight excluding hydrogens is 685 g/mol. The topological polar surface area (TPSA) is 139 Å². The predicted molar refractivity (Wildman–Crippen MR) is 187 cm³/mol. The zero-order valence-corrected chi connectivity index (χ0v) is 29.9. The number of likely N-dealkylation sites (N-methyl/N-ethyl adjacent to an activating group) is 1. The van der Waals surface area contributed by atoms with Gasteiger partial charge in [0, 0.05) is 48.7 Å². The van der Waals surface area contributed by atoms with Crippen molar-refractivity contribution >= 4 is 55.7 Å². The number of amides is 1. The van der Waals surface area contributed by atoms with Crippen molar-refractivity contribution in [2.75, 3.05) is 44.7 Å². The fourth-order valence-corrected chi connectivity index (χ4v) is 10.5. The van der Waals surface area contributed by atoms with Gasteiger partial charge in [-0.05, 0) is 74.0 Å². The van der Waals surface area contributed by atoms with Gasteiger partial charge in [-0.1, -0.05) is 54.4 Å². The van der Waals surface area contributed by atoms with Gasteiger partial charge in [-0.25, -0.2) is 12.7 Å². The summed E-state index contributed by atoms with van der Waals surface area (Å²) in [5.74, 6) is -1.31. The lowest BCUT2D eigenvalue weighted by atomic mass is 9.64. The number of rotatable bonds is 13. The van der Waals surface area contributed by atoms with E-state index < -0.39 is 55.8 Å². The highest BCUT2D eigenvalue weighted by molar-refractivity contribution is 8.24. The number of sulfonamides is 1. The largest absolute Gasteiger partial charge is 0.481 e. The van der Waals surface area contributed by atoms with Crippen LogP contribution in [0.5, 0.6) is 0 Å². The maximum atomic E-state index is 15.2. The smallest absolute Gasteiger partial charge is 0.304 e. The van der Waals surface area contributed by atoms with E-state index in [0.29, 0.717) is 48.9 Å². The molecule has 4 atom stereocenters. The zero-order valence-electron chi connectivity index (χ0n) is 26.8. The van der Waals surface area contributed by atoms with Gasteiger partial charge in [0.1, 0.15) is 0 Å². The van der Waals surface area contributed by atoms with Crippen molar-refractivity contribution in [3.63, 3.8) is 0 Å². The lowest BCUT2D eigenvalue weighted by Gasteiger charge is -2.53. The molecule has 10 nitrogen and oxygen atoms in total. The van der Waals surface area contributed by atoms with Crippen molar-refractivity contribution in [2.24, 2.45) is 5.41 Å². The van der Waals surface area contributed by atoms with Crippen LogP contribution in [0.4, 0.5) is 0 Å². The second kappa shape index (κ2) is 14.5. The molecular formula is C33H45Cl2N3O7S2. The summed E-state index contributed by atoms with van der Waals surface area (Å²) in [4.78, 5) is 31.6. The first kappa shape index (κ1) is 36.4. The van der Waals surface area contributed by atoms with Gasteiger partial charge >= 0.3 is 5.97 Å². The van der Waals surface area contributed by atoms with Gasteiger partial charge in [0.25, 0.3) is 0 Å². The van der Waals surface area contributed by atoms with Crippen LogP contribution in [0.1, 0.15) is 68.5 Å². The molecule has 14 heteroatoms.